The van der Waals surface area contributed by atoms with Gasteiger partial charge in [-0.05, 0) is 0 Å². The first kappa shape index (κ1) is 8.90. The van der Waals surface area contributed by atoms with Crippen LogP contribution < -0.4 is 0 Å². The van der Waals surface area contributed by atoms with Gasteiger partial charge in [-0.15, -0.1) is 0 Å². The topological polar surface area (TPSA) is 20.2 Å². The second-order valence-corrected chi connectivity index (χ2v) is 3.72. The van der Waals surface area contributed by atoms with E-state index in [2.05, 4.69) is 6.92 Å². The van der Waals surface area contributed by atoms with Gasteiger partial charge in [-0.1, -0.05) is 0 Å². The third-order valence-electron chi connectivity index (χ3n) is 1.74. The van der Waals surface area contributed by atoms with Crippen molar-refractivity contribution in [2.24, 2.45) is 0 Å². The van der Waals surface area contributed by atoms with Crippen molar-refractivity contribution in [2.75, 3.05) is 0 Å². The molecule has 0 aliphatic rings. The van der Waals surface area contributed by atoms with Crippen LogP contribution in [0, 0.1) is 0 Å². The number of hydrogen-bond acceptors (Lipinski definition) is 1. The van der Waals surface area contributed by atoms with Crippen LogP contribution in [-0.4, -0.2) is 27.4 Å². The van der Waals surface area contributed by atoms with Crippen LogP contribution in [0.3, 0.4) is 0 Å². The third kappa shape index (κ3) is 2.39. The Kier molecular flexibility index (Phi) is 3.23. The molecule has 0 bridgehead atoms. The number of hydrogen-bond donors (Lipinski definition) is 1. The Balaban J connectivity index is 2.81. The molecule has 11 heavy (non-hydrogen) atoms. The van der Waals surface area contributed by atoms with Crippen LogP contribution in [-0.2, 0) is 0 Å². The zero-order valence-electron chi connectivity index (χ0n) is 6.49. The molecule has 0 saturated heterocycles. The first-order valence-corrected chi connectivity index (χ1v) is 5.44. The first-order valence-electron chi connectivity index (χ1n) is 3.64. The molecule has 0 fully saturated rings. The van der Waals surface area contributed by atoms with Crippen LogP contribution in [0.2, 0.25) is 4.47 Å². The Hall–Kier alpha value is -0.190. The van der Waals surface area contributed by atoms with Crippen molar-refractivity contribution in [3.8, 4) is 5.75 Å². The minimum atomic E-state index is 0.349. The average Bonchev–Trinajstić information content (AvgIpc) is 2.05. The van der Waals surface area contributed by atoms with Crippen molar-refractivity contribution in [2.45, 2.75) is 17.3 Å². The van der Waals surface area contributed by atoms with Gasteiger partial charge >= 0.3 is 80.3 Å². The number of phenolic OH excluding ortho intramolecular Hbond substituents is 1. The summed E-state index contributed by atoms with van der Waals surface area (Å²) in [6.07, 6.45) is 0. The van der Waals surface area contributed by atoms with E-state index in [1.807, 2.05) is 34.4 Å². The summed E-state index contributed by atoms with van der Waals surface area (Å²) in [5.74, 6) is 0.964. The second-order valence-electron chi connectivity index (χ2n) is 2.68. The first-order chi connectivity index (χ1) is 5.24. The summed E-state index contributed by atoms with van der Waals surface area (Å²) in [5.41, 5.74) is 1.31. The van der Waals surface area contributed by atoms with Gasteiger partial charge < -0.3 is 0 Å². The van der Waals surface area contributed by atoms with Gasteiger partial charge in [-0.2, -0.15) is 0 Å². The van der Waals surface area contributed by atoms with Crippen LogP contribution in [0.1, 0.15) is 18.4 Å². The summed E-state index contributed by atoms with van der Waals surface area (Å²) in [6.45, 7) is 2.20. The fraction of sp³-hybridized carbons (Fsp3) is 0.333. The molecule has 1 aromatic rings. The predicted octanol–water partition coefficient (Wildman–Crippen LogP) is 1.81. The molecule has 1 unspecified atom stereocenters. The molecule has 0 amide bonds. The van der Waals surface area contributed by atoms with Crippen LogP contribution in [0.15, 0.2) is 24.3 Å². The molecule has 1 atom stereocenters. The van der Waals surface area contributed by atoms with Crippen molar-refractivity contribution in [3.05, 3.63) is 29.8 Å². The zero-order valence-corrected chi connectivity index (χ0v) is 9.04. The molecule has 1 nitrogen and oxygen atoms in total. The average molecular weight is 264 g/mol. The predicted molar refractivity (Wildman–Crippen MR) is 48.5 cm³/mol. The number of rotatable bonds is 2. The molecule has 1 rings (SSSR count). The summed E-state index contributed by atoms with van der Waals surface area (Å²) in [6, 6.07) is 7.45. The fourth-order valence-electron chi connectivity index (χ4n) is 0.908. The quantitative estimate of drug-likeness (QED) is 0.807. The van der Waals surface area contributed by atoms with Crippen molar-refractivity contribution < 1.29 is 5.11 Å². The molecule has 0 aliphatic heterocycles. The van der Waals surface area contributed by atoms with E-state index in [0.717, 1.165) is 0 Å². The van der Waals surface area contributed by atoms with Crippen LogP contribution in [0.4, 0.5) is 0 Å². The van der Waals surface area contributed by atoms with Gasteiger partial charge in [0.1, 0.15) is 0 Å². The number of phenols is 1. The number of aromatic hydroxyl groups is 1. The van der Waals surface area contributed by atoms with Gasteiger partial charge in [0, 0.05) is 0 Å². The van der Waals surface area contributed by atoms with E-state index in [-0.39, 0.29) is 0 Å². The van der Waals surface area contributed by atoms with E-state index in [0.29, 0.717) is 11.7 Å². The molecule has 60 valence electrons. The normalized spacial score (nSPS) is 12.9. The second kappa shape index (κ2) is 3.99. The molecule has 0 aromatic heterocycles. The number of benzene rings is 1. The molecule has 0 aliphatic carbocycles. The standard InChI is InChI=1S/C9H12OTe/c1-7(6-11)8-2-4-9(10)5-3-8/h2-5,7,10-11H,6H2,1H3. The van der Waals surface area contributed by atoms with Gasteiger partial charge in [0.2, 0.25) is 0 Å². The maximum atomic E-state index is 9.01. The molecule has 2 heteroatoms. The van der Waals surface area contributed by atoms with E-state index >= 15 is 0 Å². The summed E-state index contributed by atoms with van der Waals surface area (Å²) in [4.78, 5) is 0. The van der Waals surface area contributed by atoms with E-state index in [9.17, 15) is 0 Å². The van der Waals surface area contributed by atoms with Crippen LogP contribution in [0.25, 0.3) is 0 Å². The minimum absolute atomic E-state index is 0.349. The van der Waals surface area contributed by atoms with Crippen LogP contribution in [0.5, 0.6) is 5.75 Å². The van der Waals surface area contributed by atoms with Crippen LogP contribution >= 0.6 is 0 Å². The van der Waals surface area contributed by atoms with E-state index in [1.54, 1.807) is 12.1 Å². The van der Waals surface area contributed by atoms with Crippen molar-refractivity contribution >= 4 is 22.3 Å². The molecule has 0 spiro atoms. The van der Waals surface area contributed by atoms with Gasteiger partial charge in [-0.3, -0.25) is 0 Å². The fourth-order valence-corrected chi connectivity index (χ4v) is 1.51. The Morgan fingerprint density at radius 3 is 2.36 bits per heavy atom. The van der Waals surface area contributed by atoms with Crippen molar-refractivity contribution in [3.63, 3.8) is 0 Å². The summed E-state index contributed by atoms with van der Waals surface area (Å²) in [7, 11) is 0. The molecule has 1 N–H and O–H groups in total. The monoisotopic (exact) mass is 266 g/mol. The van der Waals surface area contributed by atoms with E-state index in [4.69, 9.17) is 5.11 Å². The van der Waals surface area contributed by atoms with Gasteiger partial charge in [0.05, 0.1) is 0 Å². The summed E-state index contributed by atoms with van der Waals surface area (Å²) >= 11 is 1.83. The Morgan fingerprint density at radius 2 is 1.91 bits per heavy atom. The van der Waals surface area contributed by atoms with E-state index < -0.39 is 0 Å². The summed E-state index contributed by atoms with van der Waals surface area (Å²) < 4.78 is 1.19. The molecular formula is C9H12OTe. The molecule has 0 radical (unpaired) electrons. The molecule has 0 saturated carbocycles. The SMILES string of the molecule is CC(C[TeH])c1ccc(O)cc1. The van der Waals surface area contributed by atoms with Gasteiger partial charge in [-0.25, -0.2) is 0 Å². The summed E-state index contributed by atoms with van der Waals surface area (Å²) in [5, 5.41) is 9.01. The van der Waals surface area contributed by atoms with Gasteiger partial charge in [0.15, 0.2) is 0 Å². The Morgan fingerprint density at radius 1 is 1.36 bits per heavy atom. The Labute approximate surface area is 80.3 Å². The van der Waals surface area contributed by atoms with Crippen molar-refractivity contribution in [1.82, 2.24) is 0 Å². The van der Waals surface area contributed by atoms with Crippen molar-refractivity contribution in [1.29, 1.82) is 0 Å². The van der Waals surface area contributed by atoms with Gasteiger partial charge in [0.25, 0.3) is 0 Å². The third-order valence-corrected chi connectivity index (χ3v) is 3.30. The molecule has 0 heterocycles. The zero-order chi connectivity index (χ0) is 8.27. The van der Waals surface area contributed by atoms with E-state index in [1.165, 1.54) is 10.0 Å². The Bertz CT molecular complexity index is 218. The molecule has 1 aromatic carbocycles. The molecular weight excluding hydrogens is 252 g/mol. The maximum absolute atomic E-state index is 9.01.